The number of nitrogens with one attached hydrogen (secondary N) is 1. The number of aromatic hydroxyl groups is 3. The number of phenols is 3. The summed E-state index contributed by atoms with van der Waals surface area (Å²) in [6, 6.07) is 2.91. The van der Waals surface area contributed by atoms with Crippen molar-refractivity contribution in [3.05, 3.63) is 33.8 Å². The zero-order valence-electron chi connectivity index (χ0n) is 9.84. The molecule has 0 spiro atoms. The quantitative estimate of drug-likeness (QED) is 0.635. The van der Waals surface area contributed by atoms with Crippen molar-refractivity contribution in [1.29, 1.82) is 0 Å². The Morgan fingerprint density at radius 3 is 2.61 bits per heavy atom. The lowest BCUT2D eigenvalue weighted by molar-refractivity contribution is 0.364. The van der Waals surface area contributed by atoms with E-state index >= 15 is 0 Å². The maximum atomic E-state index is 9.62. The fourth-order valence-corrected chi connectivity index (χ4v) is 2.30. The van der Waals surface area contributed by atoms with Crippen LogP contribution in [0.3, 0.4) is 0 Å². The molecule has 0 radical (unpaired) electrons. The first-order chi connectivity index (χ1) is 8.58. The topological polar surface area (TPSA) is 85.6 Å². The van der Waals surface area contributed by atoms with Gasteiger partial charge in [0.1, 0.15) is 5.01 Å². The highest BCUT2D eigenvalue weighted by Crippen LogP contribution is 2.36. The first kappa shape index (κ1) is 12.7. The van der Waals surface area contributed by atoms with Gasteiger partial charge in [0.25, 0.3) is 0 Å². The average molecular weight is 266 g/mol. The summed E-state index contributed by atoms with van der Waals surface area (Å²) in [6.07, 6.45) is 1.81. The first-order valence-corrected chi connectivity index (χ1v) is 6.24. The molecule has 4 N–H and O–H groups in total. The lowest BCUT2D eigenvalue weighted by atomic mass is 10.1. The van der Waals surface area contributed by atoms with Crippen LogP contribution in [-0.2, 0) is 13.1 Å². The van der Waals surface area contributed by atoms with Gasteiger partial charge in [-0.2, -0.15) is 0 Å². The van der Waals surface area contributed by atoms with E-state index in [0.717, 1.165) is 9.88 Å². The van der Waals surface area contributed by atoms with Gasteiger partial charge in [0.15, 0.2) is 11.5 Å². The number of aryl methyl sites for hydroxylation is 1. The van der Waals surface area contributed by atoms with E-state index in [1.54, 1.807) is 17.4 Å². The normalized spacial score (nSPS) is 10.7. The van der Waals surface area contributed by atoms with Gasteiger partial charge in [-0.25, -0.2) is 4.98 Å². The Morgan fingerprint density at radius 2 is 1.94 bits per heavy atom. The molecule has 0 atom stereocenters. The maximum Gasteiger partial charge on any atom is 0.200 e. The Labute approximate surface area is 108 Å². The molecule has 0 amide bonds. The molecule has 2 rings (SSSR count). The van der Waals surface area contributed by atoms with Crippen molar-refractivity contribution in [2.45, 2.75) is 20.0 Å². The minimum atomic E-state index is -0.487. The number of hydrogen-bond acceptors (Lipinski definition) is 6. The summed E-state index contributed by atoms with van der Waals surface area (Å²) >= 11 is 1.61. The molecule has 6 heteroatoms. The van der Waals surface area contributed by atoms with Gasteiger partial charge in [0, 0.05) is 29.7 Å². The predicted octanol–water partition coefficient (Wildman–Crippen LogP) is 1.86. The van der Waals surface area contributed by atoms with Gasteiger partial charge in [-0.1, -0.05) is 6.07 Å². The van der Waals surface area contributed by atoms with E-state index in [1.165, 1.54) is 6.07 Å². The fraction of sp³-hybridized carbons (Fsp3) is 0.250. The van der Waals surface area contributed by atoms with Gasteiger partial charge < -0.3 is 20.6 Å². The molecular formula is C12H14N2O3S. The molecule has 0 unspecified atom stereocenters. The van der Waals surface area contributed by atoms with Crippen LogP contribution >= 0.6 is 11.3 Å². The molecule has 1 aromatic heterocycles. The number of rotatable bonds is 4. The van der Waals surface area contributed by atoms with Gasteiger partial charge in [0.2, 0.25) is 5.75 Å². The molecule has 0 aliphatic rings. The van der Waals surface area contributed by atoms with Crippen LogP contribution in [0.25, 0.3) is 0 Å². The van der Waals surface area contributed by atoms with E-state index in [0.29, 0.717) is 18.7 Å². The van der Waals surface area contributed by atoms with Crippen LogP contribution in [-0.4, -0.2) is 20.3 Å². The summed E-state index contributed by atoms with van der Waals surface area (Å²) in [5, 5.41) is 32.3. The number of phenolic OH excluding ortho intramolecular Hbond substituents is 3. The highest BCUT2D eigenvalue weighted by atomic mass is 32.1. The Morgan fingerprint density at radius 1 is 1.17 bits per heavy atom. The van der Waals surface area contributed by atoms with Crippen LogP contribution in [0.1, 0.15) is 15.4 Å². The summed E-state index contributed by atoms with van der Waals surface area (Å²) < 4.78 is 0. The highest BCUT2D eigenvalue weighted by molar-refractivity contribution is 7.11. The van der Waals surface area contributed by atoms with Crippen LogP contribution < -0.4 is 5.32 Å². The zero-order valence-corrected chi connectivity index (χ0v) is 10.7. The summed E-state index contributed by atoms with van der Waals surface area (Å²) in [5.74, 6) is -1.11. The first-order valence-electron chi connectivity index (χ1n) is 5.42. The predicted molar refractivity (Wildman–Crippen MR) is 68.8 cm³/mol. The van der Waals surface area contributed by atoms with Crippen molar-refractivity contribution in [3.63, 3.8) is 0 Å². The van der Waals surface area contributed by atoms with Gasteiger partial charge in [-0.15, -0.1) is 11.3 Å². The van der Waals surface area contributed by atoms with Crippen LogP contribution in [0.2, 0.25) is 0 Å². The molecule has 0 aliphatic carbocycles. The summed E-state index contributed by atoms with van der Waals surface area (Å²) in [7, 11) is 0. The van der Waals surface area contributed by atoms with E-state index in [4.69, 9.17) is 0 Å². The number of nitrogens with zero attached hydrogens (tertiary/aromatic N) is 1. The SMILES string of the molecule is Cc1cnc(CNCc2ccc(O)c(O)c2O)s1. The van der Waals surface area contributed by atoms with E-state index < -0.39 is 5.75 Å². The minimum absolute atomic E-state index is 0.294. The Kier molecular flexibility index (Phi) is 3.69. The van der Waals surface area contributed by atoms with Crippen LogP contribution in [0.5, 0.6) is 17.2 Å². The van der Waals surface area contributed by atoms with E-state index in [1.807, 2.05) is 13.1 Å². The summed E-state index contributed by atoms with van der Waals surface area (Å²) in [6.45, 7) is 2.98. The Hall–Kier alpha value is -1.79. The van der Waals surface area contributed by atoms with E-state index in [2.05, 4.69) is 10.3 Å². The second-order valence-electron chi connectivity index (χ2n) is 3.91. The molecule has 1 aromatic carbocycles. The molecule has 0 saturated carbocycles. The lowest BCUT2D eigenvalue weighted by Crippen LogP contribution is -2.12. The highest BCUT2D eigenvalue weighted by Gasteiger charge is 2.10. The van der Waals surface area contributed by atoms with Crippen molar-refractivity contribution < 1.29 is 15.3 Å². The molecule has 0 bridgehead atoms. The smallest absolute Gasteiger partial charge is 0.200 e. The fourth-order valence-electron chi connectivity index (χ4n) is 1.54. The largest absolute Gasteiger partial charge is 0.504 e. The third-order valence-electron chi connectivity index (χ3n) is 2.47. The zero-order chi connectivity index (χ0) is 13.1. The minimum Gasteiger partial charge on any atom is -0.504 e. The van der Waals surface area contributed by atoms with Crippen LogP contribution in [0.15, 0.2) is 18.3 Å². The van der Waals surface area contributed by atoms with Crippen molar-refractivity contribution in [2.75, 3.05) is 0 Å². The van der Waals surface area contributed by atoms with Crippen molar-refractivity contribution in [3.8, 4) is 17.2 Å². The molecule has 1 heterocycles. The molecule has 18 heavy (non-hydrogen) atoms. The molecule has 5 nitrogen and oxygen atoms in total. The number of thiazole rings is 1. The molecule has 0 fully saturated rings. The molecule has 96 valence electrons. The molecule has 0 saturated heterocycles. The van der Waals surface area contributed by atoms with E-state index in [-0.39, 0.29) is 11.5 Å². The van der Waals surface area contributed by atoms with Crippen molar-refractivity contribution in [1.82, 2.24) is 10.3 Å². The van der Waals surface area contributed by atoms with Gasteiger partial charge >= 0.3 is 0 Å². The molecule has 0 aliphatic heterocycles. The second-order valence-corrected chi connectivity index (χ2v) is 5.23. The van der Waals surface area contributed by atoms with Gasteiger partial charge in [-0.05, 0) is 13.0 Å². The van der Waals surface area contributed by atoms with Gasteiger partial charge in [0.05, 0.1) is 0 Å². The second kappa shape index (κ2) is 5.24. The van der Waals surface area contributed by atoms with Crippen LogP contribution in [0, 0.1) is 6.92 Å². The number of hydrogen-bond donors (Lipinski definition) is 4. The van der Waals surface area contributed by atoms with E-state index in [9.17, 15) is 15.3 Å². The standard InChI is InChI=1S/C12H14N2O3S/c1-7-4-14-10(18-7)6-13-5-8-2-3-9(15)12(17)11(8)16/h2-4,13,15-17H,5-6H2,1H3. The molecule has 2 aromatic rings. The Bertz CT molecular complexity index is 554. The van der Waals surface area contributed by atoms with Crippen molar-refractivity contribution >= 4 is 11.3 Å². The number of benzene rings is 1. The maximum absolute atomic E-state index is 9.62. The third-order valence-corrected chi connectivity index (χ3v) is 3.39. The summed E-state index contributed by atoms with van der Waals surface area (Å²) in [5.41, 5.74) is 0.526. The number of aromatic nitrogens is 1. The Balaban J connectivity index is 1.96. The van der Waals surface area contributed by atoms with Crippen molar-refractivity contribution in [2.24, 2.45) is 0 Å². The van der Waals surface area contributed by atoms with Gasteiger partial charge in [-0.3, -0.25) is 0 Å². The van der Waals surface area contributed by atoms with Crippen LogP contribution in [0.4, 0.5) is 0 Å². The summed E-state index contributed by atoms with van der Waals surface area (Å²) in [4.78, 5) is 5.36. The monoisotopic (exact) mass is 266 g/mol. The average Bonchev–Trinajstić information content (AvgIpc) is 2.75. The lowest BCUT2D eigenvalue weighted by Gasteiger charge is -2.08. The third kappa shape index (κ3) is 2.72. The molecular weight excluding hydrogens is 252 g/mol.